The minimum atomic E-state index is -1.40. The van der Waals surface area contributed by atoms with Crippen LogP contribution in [0.15, 0.2) is 0 Å². The number of ether oxygens (including phenoxy) is 2. The fraction of sp³-hybridized carbons (Fsp3) is 0.818. The van der Waals surface area contributed by atoms with Gasteiger partial charge in [-0.2, -0.15) is 0 Å². The number of aliphatic hydroxyl groups excluding tert-OH is 1. The van der Waals surface area contributed by atoms with Crippen LogP contribution in [0.5, 0.6) is 0 Å². The van der Waals surface area contributed by atoms with Gasteiger partial charge in [0, 0.05) is 13.0 Å². The van der Waals surface area contributed by atoms with E-state index in [9.17, 15) is 14.0 Å². The molecule has 2 rings (SSSR count). The molecule has 20 heavy (non-hydrogen) atoms. The van der Waals surface area contributed by atoms with Crippen LogP contribution in [0.1, 0.15) is 13.3 Å². The van der Waals surface area contributed by atoms with E-state index in [1.165, 1.54) is 0 Å². The lowest BCUT2D eigenvalue weighted by atomic mass is 10.2. The summed E-state index contributed by atoms with van der Waals surface area (Å²) in [5.41, 5.74) is 0. The van der Waals surface area contributed by atoms with Crippen molar-refractivity contribution >= 4 is 23.5 Å². The Morgan fingerprint density at radius 2 is 2.30 bits per heavy atom. The molecule has 0 spiro atoms. The Morgan fingerprint density at radius 3 is 2.85 bits per heavy atom. The first kappa shape index (κ1) is 15.4. The van der Waals surface area contributed by atoms with Crippen LogP contribution in [0.3, 0.4) is 0 Å². The van der Waals surface area contributed by atoms with E-state index in [1.807, 2.05) is 0 Å². The molecular formula is C11H16ClFN2O5. The molecule has 0 aromatic rings. The van der Waals surface area contributed by atoms with Gasteiger partial charge in [-0.3, -0.25) is 15.0 Å². The van der Waals surface area contributed by atoms with Crippen molar-refractivity contribution in [3.63, 3.8) is 0 Å². The predicted molar refractivity (Wildman–Crippen MR) is 65.7 cm³/mol. The van der Waals surface area contributed by atoms with Gasteiger partial charge in [-0.05, 0) is 6.92 Å². The number of urea groups is 1. The van der Waals surface area contributed by atoms with E-state index in [0.29, 0.717) is 0 Å². The highest BCUT2D eigenvalue weighted by atomic mass is 35.5. The van der Waals surface area contributed by atoms with Crippen LogP contribution >= 0.6 is 11.6 Å². The van der Waals surface area contributed by atoms with Crippen molar-refractivity contribution in [1.29, 1.82) is 0 Å². The van der Waals surface area contributed by atoms with Gasteiger partial charge in [0.05, 0.1) is 6.61 Å². The zero-order valence-corrected chi connectivity index (χ0v) is 11.5. The van der Waals surface area contributed by atoms with Gasteiger partial charge in [-0.15, -0.1) is 11.6 Å². The summed E-state index contributed by atoms with van der Waals surface area (Å²) in [5.74, 6) is -0.667. The third kappa shape index (κ3) is 2.73. The van der Waals surface area contributed by atoms with Gasteiger partial charge in [0.1, 0.15) is 18.5 Å². The van der Waals surface area contributed by atoms with Gasteiger partial charge in [0.25, 0.3) is 5.91 Å². The van der Waals surface area contributed by atoms with E-state index in [-0.39, 0.29) is 13.0 Å². The first-order chi connectivity index (χ1) is 9.49. The molecule has 0 saturated carbocycles. The van der Waals surface area contributed by atoms with Crippen LogP contribution in [-0.2, 0) is 14.3 Å². The Bertz CT molecular complexity index is 399. The molecule has 2 heterocycles. The fourth-order valence-corrected chi connectivity index (χ4v) is 2.53. The zero-order chi connectivity index (χ0) is 14.9. The Labute approximate surface area is 119 Å². The third-order valence-corrected chi connectivity index (χ3v) is 3.64. The molecule has 0 aromatic heterocycles. The van der Waals surface area contributed by atoms with E-state index in [0.717, 1.165) is 4.90 Å². The number of carbonyl (C=O) groups excluding carboxylic acids is 2. The van der Waals surface area contributed by atoms with E-state index < -0.39 is 48.7 Å². The van der Waals surface area contributed by atoms with Crippen molar-refractivity contribution in [3.05, 3.63) is 0 Å². The van der Waals surface area contributed by atoms with Crippen molar-refractivity contribution in [2.75, 3.05) is 13.2 Å². The standard InChI is InChI=1S/C11H16ClFN2O5/c1-2-19-10-8(12)9(17)14-11(18)15(10)7-3-5(13)6(4-16)20-7/h5-8,10,16H,2-4H2,1H3,(H,14,17,18)/t5?,6-,7-,8?,10?/m1/s1. The van der Waals surface area contributed by atoms with Gasteiger partial charge in [0.2, 0.25) is 0 Å². The van der Waals surface area contributed by atoms with E-state index in [2.05, 4.69) is 5.32 Å². The van der Waals surface area contributed by atoms with Crippen molar-refractivity contribution in [2.45, 2.75) is 43.5 Å². The molecule has 2 N–H and O–H groups in total. The van der Waals surface area contributed by atoms with Crippen LogP contribution in [0.4, 0.5) is 9.18 Å². The number of imide groups is 1. The third-order valence-electron chi connectivity index (χ3n) is 3.23. The average Bonchev–Trinajstić information content (AvgIpc) is 2.76. The molecule has 9 heteroatoms. The van der Waals surface area contributed by atoms with Crippen LogP contribution in [0, 0.1) is 0 Å². The van der Waals surface area contributed by atoms with Gasteiger partial charge >= 0.3 is 6.03 Å². The van der Waals surface area contributed by atoms with Crippen molar-refractivity contribution in [2.24, 2.45) is 0 Å². The number of amides is 3. The van der Waals surface area contributed by atoms with Crippen LogP contribution in [-0.4, -0.2) is 65.3 Å². The van der Waals surface area contributed by atoms with Gasteiger partial charge < -0.3 is 14.6 Å². The number of halogens is 2. The smallest absolute Gasteiger partial charge is 0.328 e. The number of hydrogen-bond donors (Lipinski definition) is 2. The Balaban J connectivity index is 2.18. The molecule has 2 aliphatic heterocycles. The molecule has 0 aliphatic carbocycles. The van der Waals surface area contributed by atoms with Gasteiger partial charge in [-0.1, -0.05) is 0 Å². The highest BCUT2D eigenvalue weighted by Crippen LogP contribution is 2.30. The summed E-state index contributed by atoms with van der Waals surface area (Å²) in [7, 11) is 0. The predicted octanol–water partition coefficient (Wildman–Crippen LogP) is -0.0464. The summed E-state index contributed by atoms with van der Waals surface area (Å²) < 4.78 is 24.2. The van der Waals surface area contributed by atoms with Crippen molar-refractivity contribution < 1.29 is 28.6 Å². The largest absolute Gasteiger partial charge is 0.394 e. The summed E-state index contributed by atoms with van der Waals surface area (Å²) in [5, 5.41) is 9.94. The second-order valence-corrected chi connectivity index (χ2v) is 4.98. The Morgan fingerprint density at radius 1 is 1.60 bits per heavy atom. The van der Waals surface area contributed by atoms with Gasteiger partial charge in [0.15, 0.2) is 11.6 Å². The molecule has 3 unspecified atom stereocenters. The lowest BCUT2D eigenvalue weighted by molar-refractivity contribution is -0.149. The topological polar surface area (TPSA) is 88.1 Å². The number of hydrogen-bond acceptors (Lipinski definition) is 5. The zero-order valence-electron chi connectivity index (χ0n) is 10.8. The first-order valence-corrected chi connectivity index (χ1v) is 6.72. The SMILES string of the molecule is CCOC1C(Cl)C(=O)NC(=O)N1[C@H]1CC(F)[C@@H](CO)O1. The Kier molecular flexibility index (Phi) is 4.79. The normalized spacial score (nSPS) is 38.2. The number of aliphatic hydroxyl groups is 1. The number of rotatable bonds is 4. The van der Waals surface area contributed by atoms with E-state index >= 15 is 0 Å². The molecule has 5 atom stereocenters. The first-order valence-electron chi connectivity index (χ1n) is 6.28. The highest BCUT2D eigenvalue weighted by molar-refractivity contribution is 6.33. The lowest BCUT2D eigenvalue weighted by Gasteiger charge is -2.40. The van der Waals surface area contributed by atoms with Crippen molar-refractivity contribution in [1.82, 2.24) is 10.2 Å². The summed E-state index contributed by atoms with van der Waals surface area (Å²) in [6.45, 7) is 1.42. The summed E-state index contributed by atoms with van der Waals surface area (Å²) in [4.78, 5) is 24.5. The maximum atomic E-state index is 13.6. The van der Waals surface area contributed by atoms with Crippen LogP contribution < -0.4 is 5.32 Å². The number of nitrogens with zero attached hydrogens (tertiary/aromatic N) is 1. The maximum absolute atomic E-state index is 13.6. The van der Waals surface area contributed by atoms with Crippen molar-refractivity contribution in [3.8, 4) is 0 Å². The van der Waals surface area contributed by atoms with Crippen LogP contribution in [0.25, 0.3) is 0 Å². The highest BCUT2D eigenvalue weighted by Gasteiger charge is 2.49. The van der Waals surface area contributed by atoms with Gasteiger partial charge in [-0.25, -0.2) is 9.18 Å². The molecule has 2 fully saturated rings. The average molecular weight is 311 g/mol. The molecule has 0 aromatic carbocycles. The lowest BCUT2D eigenvalue weighted by Crippen LogP contribution is -2.64. The minimum absolute atomic E-state index is 0.111. The molecule has 3 amide bonds. The van der Waals surface area contributed by atoms with E-state index in [1.54, 1.807) is 6.92 Å². The quantitative estimate of drug-likeness (QED) is 0.711. The molecule has 7 nitrogen and oxygen atoms in total. The number of alkyl halides is 2. The maximum Gasteiger partial charge on any atom is 0.328 e. The monoisotopic (exact) mass is 310 g/mol. The molecule has 114 valence electrons. The fourth-order valence-electron chi connectivity index (χ4n) is 2.28. The molecule has 0 radical (unpaired) electrons. The molecule has 0 bridgehead atoms. The Hall–Kier alpha value is -0.960. The van der Waals surface area contributed by atoms with Crippen LogP contribution in [0.2, 0.25) is 0 Å². The molecule has 2 aliphatic rings. The minimum Gasteiger partial charge on any atom is -0.394 e. The summed E-state index contributed by atoms with van der Waals surface area (Å²) in [6.07, 6.45) is -4.47. The second kappa shape index (κ2) is 6.21. The molecular weight excluding hydrogens is 295 g/mol. The van der Waals surface area contributed by atoms with E-state index in [4.69, 9.17) is 26.2 Å². The number of carbonyl (C=O) groups is 2. The summed E-state index contributed by atoms with van der Waals surface area (Å²) >= 11 is 5.93. The second-order valence-electron chi connectivity index (χ2n) is 4.51. The summed E-state index contributed by atoms with van der Waals surface area (Å²) in [6, 6.07) is -0.749. The molecule has 2 saturated heterocycles. The number of nitrogens with one attached hydrogen (secondary N) is 1.